The van der Waals surface area contributed by atoms with Gasteiger partial charge in [-0.3, -0.25) is 0 Å². The number of carbonyl (C=O) groups is 1. The zero-order valence-corrected chi connectivity index (χ0v) is 17.6. The highest BCUT2D eigenvalue weighted by atomic mass is 32.2. The molecule has 1 heterocycles. The number of hydrogen-bond acceptors (Lipinski definition) is 5. The van der Waals surface area contributed by atoms with Crippen LogP contribution in [0.2, 0.25) is 0 Å². The van der Waals surface area contributed by atoms with Crippen LogP contribution in [0.4, 0.5) is 5.69 Å². The van der Waals surface area contributed by atoms with Crippen LogP contribution >= 0.6 is 0 Å². The number of anilines is 1. The van der Waals surface area contributed by atoms with E-state index in [4.69, 9.17) is 5.11 Å². The lowest BCUT2D eigenvalue weighted by atomic mass is 9.89. The third kappa shape index (κ3) is 3.80. The molecule has 0 fully saturated rings. The van der Waals surface area contributed by atoms with Crippen LogP contribution in [-0.4, -0.2) is 30.4 Å². The number of rotatable bonds is 5. The molecule has 0 amide bonds. The second-order valence-corrected chi connectivity index (χ2v) is 9.37. The van der Waals surface area contributed by atoms with E-state index in [9.17, 15) is 18.3 Å². The molecule has 4 rings (SSSR count). The Bertz CT molecular complexity index is 1300. The summed E-state index contributed by atoms with van der Waals surface area (Å²) in [6.45, 7) is 2.06. The van der Waals surface area contributed by atoms with Crippen molar-refractivity contribution in [3.63, 3.8) is 0 Å². The van der Waals surface area contributed by atoms with Gasteiger partial charge in [0.15, 0.2) is 9.84 Å². The van der Waals surface area contributed by atoms with Gasteiger partial charge in [-0.2, -0.15) is 0 Å². The highest BCUT2D eigenvalue weighted by Crippen LogP contribution is 2.44. The van der Waals surface area contributed by atoms with E-state index in [2.05, 4.69) is 19.1 Å². The number of aromatic carboxylic acids is 1. The third-order valence-corrected chi connectivity index (χ3v) is 7.04. The fourth-order valence-electron chi connectivity index (χ4n) is 3.86. The highest BCUT2D eigenvalue weighted by Gasteiger charge is 2.26. The Morgan fingerprint density at radius 3 is 2.45 bits per heavy atom. The van der Waals surface area contributed by atoms with Gasteiger partial charge in [0.1, 0.15) is 11.3 Å². The molecule has 2 N–H and O–H groups in total. The van der Waals surface area contributed by atoms with Crippen LogP contribution in [-0.2, 0) is 9.84 Å². The van der Waals surface area contributed by atoms with E-state index in [-0.39, 0.29) is 16.7 Å². The fourth-order valence-corrected chi connectivity index (χ4v) is 4.97. The van der Waals surface area contributed by atoms with Gasteiger partial charge in [-0.25, -0.2) is 13.2 Å². The molecular weight excluding hydrogens is 414 g/mol. The highest BCUT2D eigenvalue weighted by molar-refractivity contribution is 7.91. The Labute approximate surface area is 180 Å². The molecule has 7 heteroatoms. The normalized spacial score (nSPS) is 15.5. The van der Waals surface area contributed by atoms with E-state index in [1.807, 2.05) is 41.3 Å². The number of carboxylic acid groups (broad SMARTS) is 1. The minimum absolute atomic E-state index is 0.0114. The van der Waals surface area contributed by atoms with Crippen molar-refractivity contribution in [1.29, 1.82) is 0 Å². The van der Waals surface area contributed by atoms with Crippen LogP contribution in [0.5, 0.6) is 5.75 Å². The molecule has 6 nitrogen and oxygen atoms in total. The fraction of sp³-hybridized carbons (Fsp3) is 0.125. The van der Waals surface area contributed by atoms with E-state index < -0.39 is 27.1 Å². The number of phenols is 1. The molecule has 1 unspecified atom stereocenters. The van der Waals surface area contributed by atoms with Crippen LogP contribution in [0.3, 0.4) is 0 Å². The van der Waals surface area contributed by atoms with Crippen molar-refractivity contribution in [2.75, 3.05) is 10.7 Å². The lowest BCUT2D eigenvalue weighted by Gasteiger charge is -2.36. The summed E-state index contributed by atoms with van der Waals surface area (Å²) in [5.41, 5.74) is 3.93. The lowest BCUT2D eigenvalue weighted by molar-refractivity contribution is 0.0693. The molecule has 0 spiro atoms. The molecule has 31 heavy (non-hydrogen) atoms. The van der Waals surface area contributed by atoms with Gasteiger partial charge in [0, 0.05) is 17.5 Å². The van der Waals surface area contributed by atoms with Crippen LogP contribution in [0.25, 0.3) is 11.1 Å². The first-order chi connectivity index (χ1) is 14.8. The average molecular weight is 436 g/mol. The van der Waals surface area contributed by atoms with Gasteiger partial charge < -0.3 is 15.1 Å². The monoisotopic (exact) mass is 435 g/mol. The summed E-state index contributed by atoms with van der Waals surface area (Å²) < 4.78 is 25.5. The maximum Gasteiger partial charge on any atom is 0.339 e. The maximum absolute atomic E-state index is 12.7. The molecule has 1 aliphatic heterocycles. The van der Waals surface area contributed by atoms with Crippen molar-refractivity contribution in [3.8, 4) is 16.9 Å². The average Bonchev–Trinajstić information content (AvgIpc) is 2.76. The molecule has 0 aromatic heterocycles. The Hall–Kier alpha value is -3.58. The Morgan fingerprint density at radius 1 is 1.03 bits per heavy atom. The quantitative estimate of drug-likeness (QED) is 0.607. The van der Waals surface area contributed by atoms with Crippen LogP contribution < -0.4 is 4.90 Å². The molecule has 0 saturated carbocycles. The minimum Gasteiger partial charge on any atom is -0.507 e. The van der Waals surface area contributed by atoms with Crippen molar-refractivity contribution in [2.24, 2.45) is 0 Å². The van der Waals surface area contributed by atoms with Gasteiger partial charge in [0.25, 0.3) is 0 Å². The van der Waals surface area contributed by atoms with Crippen molar-refractivity contribution in [2.45, 2.75) is 17.9 Å². The van der Waals surface area contributed by atoms with Gasteiger partial charge in [-0.05, 0) is 42.3 Å². The smallest absolute Gasteiger partial charge is 0.339 e. The van der Waals surface area contributed by atoms with Crippen molar-refractivity contribution in [3.05, 3.63) is 90.1 Å². The number of benzene rings is 3. The topological polar surface area (TPSA) is 94.9 Å². The Kier molecular flexibility index (Phi) is 5.29. The summed E-state index contributed by atoms with van der Waals surface area (Å²) in [6.07, 6.45) is 3.32. The first-order valence-corrected chi connectivity index (χ1v) is 11.4. The van der Waals surface area contributed by atoms with E-state index in [1.165, 1.54) is 6.07 Å². The molecule has 1 atom stereocenters. The van der Waals surface area contributed by atoms with E-state index in [1.54, 1.807) is 12.3 Å². The largest absolute Gasteiger partial charge is 0.507 e. The van der Waals surface area contributed by atoms with Crippen molar-refractivity contribution < 1.29 is 23.4 Å². The van der Waals surface area contributed by atoms with Gasteiger partial charge in [0.05, 0.1) is 16.7 Å². The number of aromatic hydroxyl groups is 1. The first kappa shape index (κ1) is 20.7. The molecule has 0 aliphatic carbocycles. The maximum atomic E-state index is 12.7. The number of sulfone groups is 1. The van der Waals surface area contributed by atoms with Crippen molar-refractivity contribution in [1.82, 2.24) is 0 Å². The second kappa shape index (κ2) is 7.92. The number of nitrogens with zero attached hydrogens (tertiary/aromatic N) is 1. The zero-order chi connectivity index (χ0) is 22.2. The third-order valence-electron chi connectivity index (χ3n) is 5.44. The Morgan fingerprint density at radius 2 is 1.71 bits per heavy atom. The predicted molar refractivity (Wildman–Crippen MR) is 119 cm³/mol. The van der Waals surface area contributed by atoms with Crippen LogP contribution in [0.15, 0.2) is 83.9 Å². The summed E-state index contributed by atoms with van der Waals surface area (Å²) in [5, 5.41) is 18.8. The summed E-state index contributed by atoms with van der Waals surface area (Å²) in [6, 6.07) is 19.4. The number of carboxylic acids is 1. The molecule has 0 saturated heterocycles. The van der Waals surface area contributed by atoms with E-state index >= 15 is 0 Å². The predicted octanol–water partition coefficient (Wildman–Crippen LogP) is 4.63. The molecule has 0 bridgehead atoms. The SMILES string of the molecule is CC1c2ccccc2-c2ccccc2N1C=CCS(=O)(=O)c1ccc(O)c(C(=O)O)c1. The summed E-state index contributed by atoms with van der Waals surface area (Å²) in [7, 11) is -3.78. The van der Waals surface area contributed by atoms with Gasteiger partial charge >= 0.3 is 5.97 Å². The first-order valence-electron chi connectivity index (χ1n) is 9.72. The van der Waals surface area contributed by atoms with Crippen LogP contribution in [0.1, 0.15) is 28.9 Å². The number of para-hydroxylation sites is 1. The summed E-state index contributed by atoms with van der Waals surface area (Å²) in [4.78, 5) is 13.1. The zero-order valence-electron chi connectivity index (χ0n) is 16.8. The van der Waals surface area contributed by atoms with Gasteiger partial charge in [0.2, 0.25) is 0 Å². The molecule has 1 aliphatic rings. The standard InChI is InChI=1S/C24H21NO5S/c1-16-18-7-2-3-8-19(18)20-9-4-5-10-22(20)25(16)13-6-14-31(29,30)17-11-12-23(26)21(15-17)24(27)28/h2-13,15-16,26H,14H2,1H3,(H,27,28). The molecule has 3 aromatic rings. The summed E-state index contributed by atoms with van der Waals surface area (Å²) >= 11 is 0. The van der Waals surface area contributed by atoms with Crippen LogP contribution in [0, 0.1) is 0 Å². The van der Waals surface area contributed by atoms with Crippen molar-refractivity contribution >= 4 is 21.5 Å². The summed E-state index contributed by atoms with van der Waals surface area (Å²) in [5.74, 6) is -2.16. The lowest BCUT2D eigenvalue weighted by Crippen LogP contribution is -2.25. The number of hydrogen-bond donors (Lipinski definition) is 2. The molecule has 158 valence electrons. The van der Waals surface area contributed by atoms with Gasteiger partial charge in [-0.1, -0.05) is 48.5 Å². The van der Waals surface area contributed by atoms with Gasteiger partial charge in [-0.15, -0.1) is 0 Å². The Balaban J connectivity index is 1.64. The molecule has 0 radical (unpaired) electrons. The van der Waals surface area contributed by atoms with E-state index in [0.29, 0.717) is 0 Å². The minimum atomic E-state index is -3.78. The molecule has 3 aromatic carbocycles. The number of fused-ring (bicyclic) bond motifs is 3. The molecular formula is C24H21NO5S. The van der Waals surface area contributed by atoms with E-state index in [0.717, 1.165) is 34.5 Å². The second-order valence-electron chi connectivity index (χ2n) is 7.34.